The van der Waals surface area contributed by atoms with Crippen molar-refractivity contribution in [2.75, 3.05) is 40.3 Å². The zero-order chi connectivity index (χ0) is 54.9. The molecule has 7 heterocycles. The third-order valence-electron chi connectivity index (χ3n) is 20.6. The van der Waals surface area contributed by atoms with Crippen LogP contribution in [0.4, 0.5) is 0 Å². The molecule has 5 aliphatic carbocycles. The molecule has 0 aromatic heterocycles. The van der Waals surface area contributed by atoms with Crippen LogP contribution in [0.2, 0.25) is 0 Å². The third-order valence-corrected chi connectivity index (χ3v) is 20.6. The molecule has 13 rings (SSSR count). The number of carbonyl (C=O) groups excluding carboxylic acids is 3. The highest BCUT2D eigenvalue weighted by Crippen LogP contribution is 2.62. The Morgan fingerprint density at radius 3 is 2.71 bits per heavy atom. The maximum atomic E-state index is 16.3. The second-order valence-electron chi connectivity index (χ2n) is 25.4. The number of guanidine groups is 1. The van der Waals surface area contributed by atoms with E-state index in [1.165, 1.54) is 16.7 Å². The molecule has 15 nitrogen and oxygen atoms in total. The highest BCUT2D eigenvalue weighted by molar-refractivity contribution is 6.33. The van der Waals surface area contributed by atoms with E-state index in [-0.39, 0.29) is 65.8 Å². The van der Waals surface area contributed by atoms with Crippen molar-refractivity contribution in [3.05, 3.63) is 129 Å². The van der Waals surface area contributed by atoms with Crippen molar-refractivity contribution in [1.82, 2.24) is 37.2 Å². The zero-order valence-electron chi connectivity index (χ0n) is 47.1. The molecule has 0 amide bonds. The van der Waals surface area contributed by atoms with E-state index in [1.807, 2.05) is 37.5 Å². The number of nitrogens with zero attached hydrogens (tertiary/aromatic N) is 1. The number of fused-ring (bicyclic) bond motifs is 5. The van der Waals surface area contributed by atoms with Crippen LogP contribution in [0.15, 0.2) is 118 Å². The number of likely N-dealkylation sites (N-methyl/N-ethyl adjacent to an activating group) is 1. The predicted octanol–water partition coefficient (Wildman–Crippen LogP) is 6.72. The van der Waals surface area contributed by atoms with Crippen LogP contribution in [-0.4, -0.2) is 110 Å². The molecule has 1 saturated carbocycles. The van der Waals surface area contributed by atoms with Crippen molar-refractivity contribution in [1.29, 1.82) is 0 Å². The van der Waals surface area contributed by atoms with Gasteiger partial charge in [0.2, 0.25) is 5.78 Å². The number of esters is 1. The van der Waals surface area contributed by atoms with Gasteiger partial charge in [0.25, 0.3) is 5.60 Å². The first-order chi connectivity index (χ1) is 38.2. The maximum Gasteiger partial charge on any atom is 0.350 e. The molecule has 15 heteroatoms. The highest BCUT2D eigenvalue weighted by Gasteiger charge is 2.86. The fourth-order valence-electron chi connectivity index (χ4n) is 17.0. The molecule has 10 N–H and O–H groups in total. The van der Waals surface area contributed by atoms with Crippen LogP contribution in [0.25, 0.3) is 0 Å². The summed E-state index contributed by atoms with van der Waals surface area (Å²) in [6.07, 6.45) is 33.0. The molecule has 3 fully saturated rings. The summed E-state index contributed by atoms with van der Waals surface area (Å²) in [6, 6.07) is 5.63. The summed E-state index contributed by atoms with van der Waals surface area (Å²) in [7, 11) is 3.78. The minimum Gasteiger partial charge on any atom is -0.459 e. The Bertz CT molecular complexity index is 2930. The van der Waals surface area contributed by atoms with E-state index in [0.717, 1.165) is 99.2 Å². The number of dihydropyridines is 2. The standard InChI is InChI=1S/C64H85N9O6/c1-6-71-62-28-23-41(25-32-74)54-53(62)46-18-17-40(44-14-7-12-43(36-62)51(44)46)13-9-26-60(3,34-39-16-20-49(65)70-37-39)35-42-11-8-15-47-52(42)56(76)64(58(77)78-54)63(79-64,55(47)75)29-22-38(2)33-61(27-10-30-69-59(67-5)73-61)48-24-31-68-57-45(48)19-21-50(66-4)72-57/h7-8,11-12,15-18,20,22,24,36-37,40-41,44,46,49-51,53-54,66,68,70-72,74H,6,9-10,13-14,19,21,23,25-35,65H2,1-5H3,(H2,67,69,73). The average Bonchev–Trinajstić information content (AvgIpc) is 1.78. The van der Waals surface area contributed by atoms with Crippen molar-refractivity contribution in [2.45, 2.75) is 158 Å². The first kappa shape index (κ1) is 54.0. The van der Waals surface area contributed by atoms with Crippen molar-refractivity contribution in [2.24, 2.45) is 51.6 Å². The number of aliphatic hydroxyl groups excluding tert-OH is 1. The smallest absolute Gasteiger partial charge is 0.350 e. The SMILES string of the molecule is CCNC12C=C3C=CCC4C5C=CC(C34)C1C(OC(=O)C13OC1(CC=C(C)CC1(C4=CCNC6=C4CCC(NC)N6)CCCNC(=NC)N1)C(=O)c1cccc(c1C3=O)CC(C)(CC1=CNC(N)C=C1)CCC5)C(CCO)CC2. The van der Waals surface area contributed by atoms with Crippen LogP contribution < -0.4 is 43.0 Å². The number of benzene rings is 1. The van der Waals surface area contributed by atoms with Gasteiger partial charge >= 0.3 is 5.97 Å². The van der Waals surface area contributed by atoms with E-state index in [9.17, 15) is 5.11 Å². The topological polar surface area (TPSA) is 216 Å². The summed E-state index contributed by atoms with van der Waals surface area (Å²) in [5.41, 5.74) is 8.03. The van der Waals surface area contributed by atoms with E-state index in [4.69, 9.17) is 15.2 Å². The van der Waals surface area contributed by atoms with E-state index in [0.29, 0.717) is 56.2 Å². The molecule has 1 spiro atoms. The molecule has 6 bridgehead atoms. The van der Waals surface area contributed by atoms with Crippen LogP contribution in [-0.2, 0) is 20.7 Å². The molecule has 14 atom stereocenters. The third kappa shape index (κ3) is 9.12. The van der Waals surface area contributed by atoms with Crippen molar-refractivity contribution < 1.29 is 29.0 Å². The molecule has 0 radical (unpaired) electrons. The predicted molar refractivity (Wildman–Crippen MR) is 307 cm³/mol. The van der Waals surface area contributed by atoms with Gasteiger partial charge in [-0.25, -0.2) is 4.79 Å². The fourth-order valence-corrected chi connectivity index (χ4v) is 17.0. The van der Waals surface area contributed by atoms with Gasteiger partial charge in [0.1, 0.15) is 11.9 Å². The second-order valence-corrected chi connectivity index (χ2v) is 25.4. The lowest BCUT2D eigenvalue weighted by molar-refractivity contribution is -0.170. The Hall–Kier alpha value is -5.58. The van der Waals surface area contributed by atoms with Crippen molar-refractivity contribution >= 4 is 23.5 Å². The largest absolute Gasteiger partial charge is 0.459 e. The molecule has 1 aromatic rings. The lowest BCUT2D eigenvalue weighted by atomic mass is 9.49. The number of ether oxygens (including phenoxy) is 2. The average molecular weight is 1080 g/mol. The molecular formula is C64H85N9O6. The van der Waals surface area contributed by atoms with Gasteiger partial charge in [-0.2, -0.15) is 0 Å². The van der Waals surface area contributed by atoms with Gasteiger partial charge in [0.05, 0.1) is 17.9 Å². The van der Waals surface area contributed by atoms with Crippen LogP contribution in [0.1, 0.15) is 137 Å². The number of allylic oxidation sites excluding steroid dienone is 7. The quantitative estimate of drug-likeness (QED) is 0.0460. The molecule has 12 aliphatic rings. The summed E-state index contributed by atoms with van der Waals surface area (Å²) in [5, 5.41) is 36.1. The highest BCUT2D eigenvalue weighted by atomic mass is 16.7. The number of Topliss-reactive ketones (excluding diaryl/α,β-unsaturated/α-hetero) is 2. The number of hydrogen-bond donors (Lipinski definition) is 9. The Labute approximate surface area is 467 Å². The number of rotatable bonds is 12. The van der Waals surface area contributed by atoms with Gasteiger partial charge < -0.3 is 57.5 Å². The Balaban J connectivity index is 0.973. The zero-order valence-corrected chi connectivity index (χ0v) is 47.1. The van der Waals surface area contributed by atoms with Crippen molar-refractivity contribution in [3.63, 3.8) is 0 Å². The van der Waals surface area contributed by atoms with E-state index < -0.39 is 40.1 Å². The Morgan fingerprint density at radius 2 is 1.91 bits per heavy atom. The van der Waals surface area contributed by atoms with E-state index in [2.05, 4.69) is 106 Å². The van der Waals surface area contributed by atoms with Crippen LogP contribution in [0.3, 0.4) is 0 Å². The number of hydrogen-bond acceptors (Lipinski definition) is 13. The van der Waals surface area contributed by atoms with Gasteiger partial charge in [-0.15, -0.1) is 0 Å². The number of nitrogens with one attached hydrogen (secondary N) is 7. The first-order valence-corrected chi connectivity index (χ1v) is 30.0. The minimum absolute atomic E-state index is 0.00293. The number of nitrogens with two attached hydrogens (primary N) is 1. The van der Waals surface area contributed by atoms with Crippen LogP contribution in [0, 0.1) is 40.9 Å². The summed E-state index contributed by atoms with van der Waals surface area (Å²) in [6.45, 7) is 8.62. The van der Waals surface area contributed by atoms with Crippen LogP contribution >= 0.6 is 0 Å². The molecule has 14 unspecified atom stereocenters. The molecular weight excluding hydrogens is 991 g/mol. The lowest BCUT2D eigenvalue weighted by Gasteiger charge is -2.59. The number of aliphatic imine (C=N–C) groups is 1. The van der Waals surface area contributed by atoms with Crippen LogP contribution in [0.5, 0.6) is 0 Å². The number of aliphatic hydroxyl groups is 1. The van der Waals surface area contributed by atoms with Gasteiger partial charge in [0, 0.05) is 61.9 Å². The molecule has 7 aliphatic heterocycles. The summed E-state index contributed by atoms with van der Waals surface area (Å²) in [4.78, 5) is 53.0. The lowest BCUT2D eigenvalue weighted by Crippen LogP contribution is -2.65. The minimum atomic E-state index is -2.22. The van der Waals surface area contributed by atoms with Crippen molar-refractivity contribution in [3.8, 4) is 0 Å². The number of epoxide rings is 1. The van der Waals surface area contributed by atoms with E-state index in [1.54, 1.807) is 13.1 Å². The van der Waals surface area contributed by atoms with Gasteiger partial charge in [-0.3, -0.25) is 14.6 Å². The Kier molecular flexibility index (Phi) is 14.4. The Morgan fingerprint density at radius 1 is 1.04 bits per heavy atom. The molecule has 2 saturated heterocycles. The van der Waals surface area contributed by atoms with Gasteiger partial charge in [-0.1, -0.05) is 92.6 Å². The first-order valence-electron chi connectivity index (χ1n) is 30.0. The van der Waals surface area contributed by atoms with E-state index >= 15 is 14.4 Å². The number of carbonyl (C=O) groups is 3. The summed E-state index contributed by atoms with van der Waals surface area (Å²) >= 11 is 0. The molecule has 79 heavy (non-hydrogen) atoms. The molecule has 422 valence electrons. The normalized spacial score (nSPS) is 39.7. The van der Waals surface area contributed by atoms with Gasteiger partial charge in [-0.05, 0) is 173 Å². The molecule has 1 aromatic carbocycles. The monoisotopic (exact) mass is 1080 g/mol. The second kappa shape index (κ2) is 21.1. The maximum absolute atomic E-state index is 16.3. The summed E-state index contributed by atoms with van der Waals surface area (Å²) < 4.78 is 14.1. The number of ketones is 2. The fraction of sp³-hybridized carbons (Fsp3) is 0.594. The summed E-state index contributed by atoms with van der Waals surface area (Å²) in [5.74, 6) is 0.733. The van der Waals surface area contributed by atoms with Gasteiger partial charge in [0.15, 0.2) is 17.3 Å².